The van der Waals surface area contributed by atoms with Gasteiger partial charge in [-0.25, -0.2) is 0 Å². The maximum atomic E-state index is 11.8. The van der Waals surface area contributed by atoms with Gasteiger partial charge < -0.3 is 17.7 Å². The van der Waals surface area contributed by atoms with Crippen LogP contribution >= 0.6 is 0 Å². The average Bonchev–Trinajstić information content (AvgIpc) is 2.77. The third kappa shape index (κ3) is 3.38. The van der Waals surface area contributed by atoms with Crippen LogP contribution in [0.1, 0.15) is 61.8 Å². The van der Waals surface area contributed by atoms with Crippen molar-refractivity contribution in [2.24, 2.45) is 0 Å². The zero-order valence-electron chi connectivity index (χ0n) is 16.4. The first-order chi connectivity index (χ1) is 11.0. The number of hydrogen-bond donors (Lipinski definition) is 0. The van der Waals surface area contributed by atoms with E-state index in [9.17, 15) is 4.79 Å². The molecule has 0 unspecified atom stereocenters. The van der Waals surface area contributed by atoms with Crippen molar-refractivity contribution < 1.29 is 22.5 Å². The second-order valence-corrected chi connectivity index (χ2v) is 17.2. The molecule has 2 rings (SSSR count). The predicted octanol–water partition coefficient (Wildman–Crippen LogP) is 4.26. The first-order valence-electron chi connectivity index (χ1n) is 9.26. The van der Waals surface area contributed by atoms with E-state index < -0.39 is 17.1 Å². The second kappa shape index (κ2) is 7.19. The van der Waals surface area contributed by atoms with Gasteiger partial charge >= 0.3 is 23.1 Å². The summed E-state index contributed by atoms with van der Waals surface area (Å²) in [6, 6.07) is 0. The number of esters is 1. The van der Waals surface area contributed by atoms with Crippen molar-refractivity contribution in [3.8, 4) is 0 Å². The van der Waals surface area contributed by atoms with Gasteiger partial charge in [0.2, 0.25) is 0 Å². The van der Waals surface area contributed by atoms with Crippen molar-refractivity contribution in [2.75, 3.05) is 6.61 Å². The van der Waals surface area contributed by atoms with Gasteiger partial charge in [-0.1, -0.05) is 55.4 Å². The molecule has 0 aliphatic carbocycles. The van der Waals surface area contributed by atoms with Gasteiger partial charge in [0.15, 0.2) is 0 Å². The fourth-order valence-electron chi connectivity index (χ4n) is 4.01. The molecule has 0 N–H and O–H groups in total. The summed E-state index contributed by atoms with van der Waals surface area (Å²) in [7, 11) is -5.11. The standard InChI is InChI=1S/C17H34O5Si2/c1-11(2)23(12(3)4)19-10-16-15(9-17(18)20-16)21-24(22-23,13(5)6)14(7)8/h11-16H,9-10H2,1-8H3/t15-,16+/m1/s1. The average molecular weight is 375 g/mol. The third-order valence-corrected chi connectivity index (χ3v) is 15.7. The summed E-state index contributed by atoms with van der Waals surface area (Å²) in [6.07, 6.45) is -0.223. The highest BCUT2D eigenvalue weighted by atomic mass is 28.5. The highest BCUT2D eigenvalue weighted by Crippen LogP contribution is 2.46. The first-order valence-corrected chi connectivity index (χ1v) is 13.2. The Labute approximate surface area is 148 Å². The van der Waals surface area contributed by atoms with Crippen molar-refractivity contribution in [3.63, 3.8) is 0 Å². The fourth-order valence-corrected chi connectivity index (χ4v) is 15.2. The van der Waals surface area contributed by atoms with Crippen LogP contribution in [0.5, 0.6) is 0 Å². The molecule has 2 aliphatic rings. The third-order valence-electron chi connectivity index (χ3n) is 5.41. The van der Waals surface area contributed by atoms with E-state index in [1.54, 1.807) is 0 Å². The minimum Gasteiger partial charge on any atom is -0.457 e. The van der Waals surface area contributed by atoms with Crippen molar-refractivity contribution in [1.82, 2.24) is 0 Å². The van der Waals surface area contributed by atoms with E-state index in [0.717, 1.165) is 0 Å². The molecular weight excluding hydrogens is 340 g/mol. The molecule has 2 heterocycles. The van der Waals surface area contributed by atoms with Crippen LogP contribution in [-0.2, 0) is 22.5 Å². The highest BCUT2D eigenvalue weighted by molar-refractivity contribution is 6.83. The lowest BCUT2D eigenvalue weighted by Gasteiger charge is -2.50. The van der Waals surface area contributed by atoms with E-state index in [4.69, 9.17) is 17.7 Å². The second-order valence-electron chi connectivity index (χ2n) is 8.36. The summed E-state index contributed by atoms with van der Waals surface area (Å²) in [5.74, 6) is -0.188. The molecule has 0 aromatic heterocycles. The summed E-state index contributed by atoms with van der Waals surface area (Å²) in [6.45, 7) is 17.9. The molecule has 0 aromatic carbocycles. The van der Waals surface area contributed by atoms with E-state index in [2.05, 4.69) is 55.4 Å². The summed E-state index contributed by atoms with van der Waals surface area (Å²) >= 11 is 0. The molecule has 24 heavy (non-hydrogen) atoms. The fraction of sp³-hybridized carbons (Fsp3) is 0.941. The van der Waals surface area contributed by atoms with Crippen molar-refractivity contribution >= 4 is 23.1 Å². The van der Waals surface area contributed by atoms with Crippen molar-refractivity contribution in [1.29, 1.82) is 0 Å². The van der Waals surface area contributed by atoms with Gasteiger partial charge in [0.05, 0.1) is 19.1 Å². The Morgan fingerprint density at radius 1 is 0.833 bits per heavy atom. The summed E-state index contributed by atoms with van der Waals surface area (Å²) < 4.78 is 25.7. The van der Waals surface area contributed by atoms with Crippen LogP contribution in [0.2, 0.25) is 22.2 Å². The molecule has 0 amide bonds. The molecule has 7 heteroatoms. The van der Waals surface area contributed by atoms with E-state index in [1.807, 2.05) is 0 Å². The number of fused-ring (bicyclic) bond motifs is 1. The zero-order valence-corrected chi connectivity index (χ0v) is 18.4. The van der Waals surface area contributed by atoms with E-state index in [0.29, 0.717) is 24.1 Å². The Bertz CT molecular complexity index is 448. The van der Waals surface area contributed by atoms with Crippen molar-refractivity contribution in [3.05, 3.63) is 0 Å². The van der Waals surface area contributed by atoms with Crippen LogP contribution < -0.4 is 0 Å². The minimum atomic E-state index is -2.59. The van der Waals surface area contributed by atoms with Gasteiger partial charge in [0.25, 0.3) is 0 Å². The molecule has 0 bridgehead atoms. The Balaban J connectivity index is 2.51. The smallest absolute Gasteiger partial charge is 0.335 e. The Kier molecular flexibility index (Phi) is 6.02. The summed E-state index contributed by atoms with van der Waals surface area (Å²) in [4.78, 5) is 11.8. The Morgan fingerprint density at radius 2 is 1.33 bits per heavy atom. The number of carbonyl (C=O) groups excluding carboxylic acids is 1. The van der Waals surface area contributed by atoms with Crippen LogP contribution in [0, 0.1) is 0 Å². The Hall–Kier alpha value is -0.216. The number of rotatable bonds is 4. The van der Waals surface area contributed by atoms with Crippen molar-refractivity contribution in [2.45, 2.75) is 96.2 Å². The van der Waals surface area contributed by atoms with Gasteiger partial charge in [0.1, 0.15) is 6.10 Å². The molecule has 2 atom stereocenters. The molecular formula is C17H34O5Si2. The lowest BCUT2D eigenvalue weighted by molar-refractivity contribution is -0.143. The lowest BCUT2D eigenvalue weighted by atomic mass is 10.2. The minimum absolute atomic E-state index is 0.188. The molecule has 5 nitrogen and oxygen atoms in total. The first kappa shape index (κ1) is 20.1. The van der Waals surface area contributed by atoms with Crippen LogP contribution in [0.15, 0.2) is 0 Å². The SMILES string of the molecule is CC(C)[Si]1(C(C)C)OC[C@@H]2OC(=O)C[C@H]2O[Si](C(C)C)(C(C)C)O1. The molecule has 2 saturated heterocycles. The molecule has 0 aromatic rings. The number of hydrogen-bond acceptors (Lipinski definition) is 5. The largest absolute Gasteiger partial charge is 0.457 e. The monoisotopic (exact) mass is 374 g/mol. The molecule has 2 aliphatic heterocycles. The molecule has 0 spiro atoms. The van der Waals surface area contributed by atoms with E-state index in [-0.39, 0.29) is 29.3 Å². The highest BCUT2D eigenvalue weighted by Gasteiger charge is 2.60. The van der Waals surface area contributed by atoms with Gasteiger partial charge in [0, 0.05) is 0 Å². The van der Waals surface area contributed by atoms with Gasteiger partial charge in [-0.3, -0.25) is 4.79 Å². The molecule has 0 radical (unpaired) electrons. The van der Waals surface area contributed by atoms with Crippen LogP contribution in [0.4, 0.5) is 0 Å². The van der Waals surface area contributed by atoms with Crippen LogP contribution in [0.3, 0.4) is 0 Å². The summed E-state index contributed by atoms with van der Waals surface area (Å²) in [5, 5.41) is 0. The van der Waals surface area contributed by atoms with Gasteiger partial charge in [-0.05, 0) is 22.2 Å². The van der Waals surface area contributed by atoms with Gasteiger partial charge in [-0.15, -0.1) is 0 Å². The van der Waals surface area contributed by atoms with E-state index in [1.165, 1.54) is 0 Å². The van der Waals surface area contributed by atoms with E-state index >= 15 is 0 Å². The number of carbonyl (C=O) groups is 1. The Morgan fingerprint density at radius 3 is 1.79 bits per heavy atom. The molecule has 0 saturated carbocycles. The van der Waals surface area contributed by atoms with Crippen LogP contribution in [-0.4, -0.2) is 41.9 Å². The maximum Gasteiger partial charge on any atom is 0.335 e. The molecule has 2 fully saturated rings. The number of ether oxygens (including phenoxy) is 1. The summed E-state index contributed by atoms with van der Waals surface area (Å²) in [5.41, 5.74) is 1.16. The maximum absolute atomic E-state index is 11.8. The normalized spacial score (nSPS) is 29.8. The zero-order chi connectivity index (χ0) is 18.3. The van der Waals surface area contributed by atoms with Crippen LogP contribution in [0.25, 0.3) is 0 Å². The lowest BCUT2D eigenvalue weighted by Crippen LogP contribution is -2.65. The quantitative estimate of drug-likeness (QED) is 0.543. The molecule has 140 valence electrons. The van der Waals surface area contributed by atoms with Gasteiger partial charge in [-0.2, -0.15) is 0 Å². The predicted molar refractivity (Wildman–Crippen MR) is 98.3 cm³/mol. The topological polar surface area (TPSA) is 54.0 Å².